The van der Waals surface area contributed by atoms with Crippen LogP contribution in [-0.4, -0.2) is 12.3 Å². The molecule has 0 saturated carbocycles. The highest BCUT2D eigenvalue weighted by Crippen LogP contribution is 2.39. The summed E-state index contributed by atoms with van der Waals surface area (Å²) in [6.45, 7) is 14.3. The molecule has 0 unspecified atom stereocenters. The fourth-order valence-electron chi connectivity index (χ4n) is 5.04. The summed E-state index contributed by atoms with van der Waals surface area (Å²) in [6, 6.07) is 19.0. The molecule has 4 rings (SSSR count). The van der Waals surface area contributed by atoms with Crippen molar-refractivity contribution in [2.45, 2.75) is 48.5 Å². The number of fused-ring (bicyclic) bond motifs is 1. The molecule has 0 amide bonds. The summed E-state index contributed by atoms with van der Waals surface area (Å²) in [5.41, 5.74) is 9.78. The van der Waals surface area contributed by atoms with Crippen molar-refractivity contribution < 1.29 is 14.3 Å². The topological polar surface area (TPSA) is 38.7 Å². The molecule has 168 valence electrons. The van der Waals surface area contributed by atoms with E-state index in [1.165, 1.54) is 27.5 Å². The molecule has 0 aromatic heterocycles. The minimum atomic E-state index is -1.41. The Bertz CT molecular complexity index is 1330. The van der Waals surface area contributed by atoms with Gasteiger partial charge in [0.1, 0.15) is 11.5 Å². The molecule has 0 radical (unpaired) electrons. The third-order valence-electron chi connectivity index (χ3n) is 6.41. The molecule has 3 nitrogen and oxygen atoms in total. The summed E-state index contributed by atoms with van der Waals surface area (Å²) in [4.78, 5) is 0. The lowest BCUT2D eigenvalue weighted by atomic mass is 9.88. The molecular formula is C29H31BO3. The van der Waals surface area contributed by atoms with E-state index < -0.39 is 7.32 Å². The van der Waals surface area contributed by atoms with Crippen LogP contribution in [0.2, 0.25) is 0 Å². The molecule has 0 heterocycles. The lowest BCUT2D eigenvalue weighted by molar-refractivity contribution is 0.294. The lowest BCUT2D eigenvalue weighted by Crippen LogP contribution is -2.31. The molecule has 0 saturated heterocycles. The Morgan fingerprint density at radius 2 is 1.24 bits per heavy atom. The first-order chi connectivity index (χ1) is 15.7. The van der Waals surface area contributed by atoms with Gasteiger partial charge in [-0.15, -0.1) is 0 Å². The summed E-state index contributed by atoms with van der Waals surface area (Å²) in [7, 11) is -1.41. The van der Waals surface area contributed by atoms with Crippen molar-refractivity contribution in [3.05, 3.63) is 93.5 Å². The second kappa shape index (κ2) is 8.95. The normalized spacial score (nSPS) is 11.0. The highest BCUT2D eigenvalue weighted by Gasteiger charge is 2.26. The fraction of sp³-hybridized carbons (Fsp3) is 0.241. The Kier molecular flexibility index (Phi) is 6.22. The number of hydrogen-bond acceptors (Lipinski definition) is 3. The smallest absolute Gasteiger partial charge is 0.501 e. The maximum atomic E-state index is 10.7. The second-order valence-corrected chi connectivity index (χ2v) is 9.07. The zero-order valence-corrected chi connectivity index (χ0v) is 20.5. The van der Waals surface area contributed by atoms with E-state index in [-0.39, 0.29) is 0 Å². The van der Waals surface area contributed by atoms with Crippen molar-refractivity contribution >= 4 is 18.1 Å². The molecule has 33 heavy (non-hydrogen) atoms. The first kappa shape index (κ1) is 22.9. The predicted molar refractivity (Wildman–Crippen MR) is 138 cm³/mol. The van der Waals surface area contributed by atoms with Gasteiger partial charge in [0.15, 0.2) is 0 Å². The van der Waals surface area contributed by atoms with E-state index in [0.717, 1.165) is 33.4 Å². The number of benzene rings is 4. The van der Waals surface area contributed by atoms with Crippen molar-refractivity contribution in [1.82, 2.24) is 0 Å². The quantitative estimate of drug-likeness (QED) is 0.338. The minimum Gasteiger partial charge on any atom is -0.501 e. The summed E-state index contributed by atoms with van der Waals surface area (Å²) >= 11 is 0. The van der Waals surface area contributed by atoms with E-state index >= 15 is 0 Å². The first-order valence-corrected chi connectivity index (χ1v) is 11.4. The number of rotatable bonds is 5. The van der Waals surface area contributed by atoms with Gasteiger partial charge in [-0.1, -0.05) is 60.2 Å². The number of hydrogen-bond donors (Lipinski definition) is 1. The Morgan fingerprint density at radius 1 is 0.636 bits per heavy atom. The van der Waals surface area contributed by atoms with Gasteiger partial charge in [-0.05, 0) is 104 Å². The lowest BCUT2D eigenvalue weighted by Gasteiger charge is -2.22. The van der Waals surface area contributed by atoms with Crippen LogP contribution in [0.25, 0.3) is 21.9 Å². The third kappa shape index (κ3) is 4.36. The van der Waals surface area contributed by atoms with Gasteiger partial charge in [0, 0.05) is 0 Å². The van der Waals surface area contributed by atoms with E-state index in [4.69, 9.17) is 9.31 Å². The molecule has 0 fully saturated rings. The zero-order valence-electron chi connectivity index (χ0n) is 20.5. The average molecular weight is 438 g/mol. The molecule has 4 heteroatoms. The van der Waals surface area contributed by atoms with Crippen LogP contribution in [0, 0.1) is 48.5 Å². The van der Waals surface area contributed by atoms with E-state index in [2.05, 4.69) is 56.3 Å². The fourth-order valence-corrected chi connectivity index (χ4v) is 5.04. The van der Waals surface area contributed by atoms with Crippen molar-refractivity contribution in [3.8, 4) is 22.6 Å². The maximum Gasteiger partial charge on any atom is 0.785 e. The van der Waals surface area contributed by atoms with Crippen molar-refractivity contribution in [3.63, 3.8) is 0 Å². The maximum absolute atomic E-state index is 10.7. The van der Waals surface area contributed by atoms with E-state index in [1.807, 2.05) is 46.8 Å². The standard InChI is InChI=1S/C29H31BO3/c1-17-14-19(3)28(20(4)15-17)32-30(31)33-29-21(5)16-18(2)27(23(29)7)26-13-12-24-10-8-9-11-25(24)22(26)6/h8-16,31H,1-7H3. The average Bonchev–Trinajstić information content (AvgIpc) is 2.75. The van der Waals surface area contributed by atoms with Gasteiger partial charge >= 0.3 is 7.32 Å². The summed E-state index contributed by atoms with van der Waals surface area (Å²) < 4.78 is 11.8. The van der Waals surface area contributed by atoms with Crippen LogP contribution in [0.4, 0.5) is 0 Å². The van der Waals surface area contributed by atoms with Crippen LogP contribution in [0.3, 0.4) is 0 Å². The Labute approximate surface area is 197 Å². The molecule has 0 aliphatic rings. The second-order valence-electron chi connectivity index (χ2n) is 9.07. The molecule has 0 bridgehead atoms. The molecule has 0 aliphatic heterocycles. The van der Waals surface area contributed by atoms with Crippen molar-refractivity contribution in [2.75, 3.05) is 0 Å². The van der Waals surface area contributed by atoms with Gasteiger partial charge in [-0.2, -0.15) is 0 Å². The van der Waals surface area contributed by atoms with E-state index in [1.54, 1.807) is 0 Å². The number of aryl methyl sites for hydroxylation is 6. The largest absolute Gasteiger partial charge is 0.785 e. The van der Waals surface area contributed by atoms with Gasteiger partial charge in [0.25, 0.3) is 0 Å². The first-order valence-electron chi connectivity index (χ1n) is 11.4. The highest BCUT2D eigenvalue weighted by atomic mass is 16.7. The highest BCUT2D eigenvalue weighted by molar-refractivity contribution is 6.37. The molecule has 4 aromatic rings. The molecule has 0 atom stereocenters. The monoisotopic (exact) mass is 438 g/mol. The zero-order chi connectivity index (χ0) is 23.9. The molecule has 0 aliphatic carbocycles. The van der Waals surface area contributed by atoms with Crippen LogP contribution in [0.15, 0.2) is 54.6 Å². The van der Waals surface area contributed by atoms with E-state index in [9.17, 15) is 5.02 Å². The van der Waals surface area contributed by atoms with Crippen LogP contribution in [-0.2, 0) is 0 Å². The van der Waals surface area contributed by atoms with E-state index in [0.29, 0.717) is 11.5 Å². The van der Waals surface area contributed by atoms with Gasteiger partial charge in [0.2, 0.25) is 0 Å². The van der Waals surface area contributed by atoms with Gasteiger partial charge < -0.3 is 14.3 Å². The molecule has 1 N–H and O–H groups in total. The van der Waals surface area contributed by atoms with Crippen LogP contribution in [0.1, 0.15) is 38.9 Å². The van der Waals surface area contributed by atoms with Crippen molar-refractivity contribution in [2.24, 2.45) is 0 Å². The Balaban J connectivity index is 1.73. The van der Waals surface area contributed by atoms with Crippen molar-refractivity contribution in [1.29, 1.82) is 0 Å². The molecular weight excluding hydrogens is 407 g/mol. The minimum absolute atomic E-state index is 0.651. The Morgan fingerprint density at radius 3 is 1.94 bits per heavy atom. The van der Waals surface area contributed by atoms with Crippen LogP contribution in [0.5, 0.6) is 11.5 Å². The van der Waals surface area contributed by atoms with Crippen LogP contribution < -0.4 is 9.31 Å². The van der Waals surface area contributed by atoms with Crippen LogP contribution >= 0.6 is 0 Å². The van der Waals surface area contributed by atoms with Gasteiger partial charge in [-0.25, -0.2) is 0 Å². The van der Waals surface area contributed by atoms with Gasteiger partial charge in [-0.3, -0.25) is 0 Å². The summed E-state index contributed by atoms with van der Waals surface area (Å²) in [5.74, 6) is 1.30. The summed E-state index contributed by atoms with van der Waals surface area (Å²) in [6.07, 6.45) is 0. The van der Waals surface area contributed by atoms with Gasteiger partial charge in [0.05, 0.1) is 0 Å². The predicted octanol–water partition coefficient (Wildman–Crippen LogP) is 7.10. The third-order valence-corrected chi connectivity index (χ3v) is 6.41. The summed E-state index contributed by atoms with van der Waals surface area (Å²) in [5, 5.41) is 13.2. The Hall–Kier alpha value is -3.24. The molecule has 0 spiro atoms. The SMILES string of the molecule is Cc1cc(C)c(OB(O)Oc2c(C)cc(C)c(-c3ccc4ccccc4c3C)c2C)c(C)c1. The molecule has 4 aromatic carbocycles.